The van der Waals surface area contributed by atoms with E-state index in [1.54, 1.807) is 30.4 Å². The molecule has 0 aliphatic carbocycles. The Balaban J connectivity index is 1.64. The van der Waals surface area contributed by atoms with Crippen LogP contribution >= 0.6 is 0 Å². The number of aromatic amines is 1. The standard InChI is InChI=1S/C18H26N6O2/c1-13-15(14(2)22-21-13)10-16(25)23(3)11-18(26)6-4-9-24(12-18)17-19-7-5-8-20-17/h5,7-8,26H,4,6,9-12H2,1-3H3,(H,21,22)/t18-/m1/s1. The fraction of sp³-hybridized carbons (Fsp3) is 0.556. The highest BCUT2D eigenvalue weighted by Crippen LogP contribution is 2.25. The molecular formula is C18H26N6O2. The van der Waals surface area contributed by atoms with E-state index in [4.69, 9.17) is 0 Å². The van der Waals surface area contributed by atoms with Gasteiger partial charge in [0.25, 0.3) is 0 Å². The molecule has 0 bridgehead atoms. The second-order valence-electron chi connectivity index (χ2n) is 7.14. The number of aryl methyl sites for hydroxylation is 2. The van der Waals surface area contributed by atoms with Crippen LogP contribution in [0.15, 0.2) is 18.5 Å². The summed E-state index contributed by atoms with van der Waals surface area (Å²) in [5.41, 5.74) is 1.71. The van der Waals surface area contributed by atoms with E-state index in [1.165, 1.54) is 0 Å². The molecular weight excluding hydrogens is 332 g/mol. The Kier molecular flexibility index (Phi) is 5.22. The highest BCUT2D eigenvalue weighted by molar-refractivity contribution is 5.79. The smallest absolute Gasteiger partial charge is 0.226 e. The number of rotatable bonds is 5. The molecule has 1 aliphatic heterocycles. The van der Waals surface area contributed by atoms with Crippen molar-refractivity contribution < 1.29 is 9.90 Å². The number of β-amino-alcohol motifs (C(OH)–C–C–N with tert-alkyl or cyclic N) is 1. The van der Waals surface area contributed by atoms with Crippen molar-refractivity contribution in [2.24, 2.45) is 0 Å². The predicted octanol–water partition coefficient (Wildman–Crippen LogP) is 0.849. The third kappa shape index (κ3) is 4.01. The van der Waals surface area contributed by atoms with Crippen LogP contribution in [0.5, 0.6) is 0 Å². The van der Waals surface area contributed by atoms with Crippen LogP contribution in [0.3, 0.4) is 0 Å². The molecule has 8 heteroatoms. The third-order valence-electron chi connectivity index (χ3n) is 4.96. The Bertz CT molecular complexity index is 743. The van der Waals surface area contributed by atoms with Crippen molar-refractivity contribution in [2.45, 2.75) is 38.7 Å². The lowest BCUT2D eigenvalue weighted by Crippen LogP contribution is -2.55. The van der Waals surface area contributed by atoms with Crippen molar-refractivity contribution in [3.8, 4) is 0 Å². The zero-order chi connectivity index (χ0) is 18.7. The van der Waals surface area contributed by atoms with Crippen molar-refractivity contribution in [1.82, 2.24) is 25.1 Å². The van der Waals surface area contributed by atoms with Gasteiger partial charge in [0.2, 0.25) is 11.9 Å². The number of carbonyl (C=O) groups excluding carboxylic acids is 1. The molecule has 1 amide bonds. The zero-order valence-corrected chi connectivity index (χ0v) is 15.6. The minimum atomic E-state index is -0.970. The zero-order valence-electron chi connectivity index (χ0n) is 15.6. The number of carbonyl (C=O) groups is 1. The average molecular weight is 358 g/mol. The van der Waals surface area contributed by atoms with Crippen LogP contribution in [-0.2, 0) is 11.2 Å². The molecule has 1 atom stereocenters. The quantitative estimate of drug-likeness (QED) is 0.822. The highest BCUT2D eigenvalue weighted by atomic mass is 16.3. The summed E-state index contributed by atoms with van der Waals surface area (Å²) in [6, 6.07) is 1.77. The largest absolute Gasteiger partial charge is 0.386 e. The lowest BCUT2D eigenvalue weighted by molar-refractivity contribution is -0.132. The molecule has 3 heterocycles. The summed E-state index contributed by atoms with van der Waals surface area (Å²) in [6.45, 7) is 5.30. The first-order chi connectivity index (χ1) is 12.4. The van der Waals surface area contributed by atoms with Crippen LogP contribution in [0.25, 0.3) is 0 Å². The summed E-state index contributed by atoms with van der Waals surface area (Å²) in [5, 5.41) is 18.1. The number of hydrogen-bond acceptors (Lipinski definition) is 6. The van der Waals surface area contributed by atoms with Gasteiger partial charge in [-0.25, -0.2) is 9.97 Å². The van der Waals surface area contributed by atoms with Crippen LogP contribution in [0.2, 0.25) is 0 Å². The van der Waals surface area contributed by atoms with Gasteiger partial charge in [-0.15, -0.1) is 0 Å². The minimum absolute atomic E-state index is 0.0286. The Morgan fingerprint density at radius 1 is 1.38 bits per heavy atom. The molecule has 2 aromatic rings. The summed E-state index contributed by atoms with van der Waals surface area (Å²) < 4.78 is 0. The van der Waals surface area contributed by atoms with Gasteiger partial charge in [0.05, 0.1) is 30.8 Å². The molecule has 1 fully saturated rings. The van der Waals surface area contributed by atoms with Gasteiger partial charge in [0, 0.05) is 37.2 Å². The lowest BCUT2D eigenvalue weighted by atomic mass is 9.92. The number of aromatic nitrogens is 4. The predicted molar refractivity (Wildman–Crippen MR) is 97.8 cm³/mol. The van der Waals surface area contributed by atoms with E-state index in [1.807, 2.05) is 18.7 Å². The molecule has 8 nitrogen and oxygen atoms in total. The van der Waals surface area contributed by atoms with Gasteiger partial charge < -0.3 is 14.9 Å². The molecule has 1 aliphatic rings. The lowest BCUT2D eigenvalue weighted by Gasteiger charge is -2.41. The van der Waals surface area contributed by atoms with Crippen molar-refractivity contribution in [3.63, 3.8) is 0 Å². The molecule has 0 aromatic carbocycles. The topological polar surface area (TPSA) is 98.2 Å². The van der Waals surface area contributed by atoms with Gasteiger partial charge in [-0.3, -0.25) is 9.89 Å². The maximum atomic E-state index is 12.6. The number of H-pyrrole nitrogens is 1. The minimum Gasteiger partial charge on any atom is -0.386 e. The van der Waals surface area contributed by atoms with Crippen molar-refractivity contribution >= 4 is 11.9 Å². The fourth-order valence-electron chi connectivity index (χ4n) is 3.52. The second kappa shape index (κ2) is 7.41. The van der Waals surface area contributed by atoms with Crippen molar-refractivity contribution in [3.05, 3.63) is 35.4 Å². The maximum Gasteiger partial charge on any atom is 0.226 e. The summed E-state index contributed by atoms with van der Waals surface area (Å²) in [7, 11) is 1.74. The van der Waals surface area contributed by atoms with Crippen LogP contribution < -0.4 is 4.90 Å². The van der Waals surface area contributed by atoms with Crippen LogP contribution in [-0.4, -0.2) is 68.4 Å². The van der Waals surface area contributed by atoms with E-state index in [-0.39, 0.29) is 18.9 Å². The van der Waals surface area contributed by atoms with E-state index in [0.717, 1.165) is 29.9 Å². The van der Waals surface area contributed by atoms with Crippen molar-refractivity contribution in [1.29, 1.82) is 0 Å². The molecule has 2 N–H and O–H groups in total. The SMILES string of the molecule is Cc1n[nH]c(C)c1CC(=O)N(C)C[C@]1(O)CCCN(c2ncccn2)C1. The monoisotopic (exact) mass is 358 g/mol. The fourth-order valence-corrected chi connectivity index (χ4v) is 3.52. The highest BCUT2D eigenvalue weighted by Gasteiger charge is 2.36. The normalized spacial score (nSPS) is 20.2. The van der Waals surface area contributed by atoms with Gasteiger partial charge in [-0.1, -0.05) is 0 Å². The van der Waals surface area contributed by atoms with E-state index in [0.29, 0.717) is 18.9 Å². The van der Waals surface area contributed by atoms with Gasteiger partial charge in [0.15, 0.2) is 0 Å². The Morgan fingerprint density at radius 2 is 2.12 bits per heavy atom. The average Bonchev–Trinajstić information content (AvgIpc) is 2.94. The number of aliphatic hydroxyl groups is 1. The number of nitrogens with zero attached hydrogens (tertiary/aromatic N) is 5. The van der Waals surface area contributed by atoms with Gasteiger partial charge >= 0.3 is 0 Å². The number of piperidine rings is 1. The van der Waals surface area contributed by atoms with E-state index >= 15 is 0 Å². The number of anilines is 1. The van der Waals surface area contributed by atoms with E-state index < -0.39 is 5.60 Å². The molecule has 0 spiro atoms. The Morgan fingerprint density at radius 3 is 2.77 bits per heavy atom. The first-order valence-corrected chi connectivity index (χ1v) is 8.87. The van der Waals surface area contributed by atoms with Gasteiger partial charge in [-0.2, -0.15) is 5.10 Å². The third-order valence-corrected chi connectivity index (χ3v) is 4.96. The molecule has 140 valence electrons. The molecule has 0 saturated carbocycles. The first-order valence-electron chi connectivity index (χ1n) is 8.87. The van der Waals surface area contributed by atoms with Gasteiger partial charge in [-0.05, 0) is 32.8 Å². The second-order valence-corrected chi connectivity index (χ2v) is 7.14. The molecule has 1 saturated heterocycles. The number of nitrogens with one attached hydrogen (secondary N) is 1. The molecule has 3 rings (SSSR count). The molecule has 26 heavy (non-hydrogen) atoms. The summed E-state index contributed by atoms with van der Waals surface area (Å²) in [6.07, 6.45) is 5.16. The van der Waals surface area contributed by atoms with Crippen LogP contribution in [0.1, 0.15) is 29.8 Å². The Labute approximate surface area is 153 Å². The van der Waals surface area contributed by atoms with Gasteiger partial charge in [0.1, 0.15) is 0 Å². The number of likely N-dealkylation sites (N-methyl/N-ethyl adjacent to an activating group) is 1. The molecule has 0 radical (unpaired) electrons. The Hall–Kier alpha value is -2.48. The summed E-state index contributed by atoms with van der Waals surface area (Å²) >= 11 is 0. The van der Waals surface area contributed by atoms with Crippen LogP contribution in [0.4, 0.5) is 5.95 Å². The summed E-state index contributed by atoms with van der Waals surface area (Å²) in [4.78, 5) is 24.7. The molecule has 0 unspecified atom stereocenters. The van der Waals surface area contributed by atoms with Crippen LogP contribution in [0, 0.1) is 13.8 Å². The maximum absolute atomic E-state index is 12.6. The number of amides is 1. The number of hydrogen-bond donors (Lipinski definition) is 2. The van der Waals surface area contributed by atoms with E-state index in [9.17, 15) is 9.90 Å². The summed E-state index contributed by atoms with van der Waals surface area (Å²) in [5.74, 6) is 0.586. The van der Waals surface area contributed by atoms with E-state index in [2.05, 4.69) is 20.2 Å². The first kappa shape index (κ1) is 18.3. The van der Waals surface area contributed by atoms with Crippen molar-refractivity contribution in [2.75, 3.05) is 31.6 Å². The molecule has 2 aromatic heterocycles.